The van der Waals surface area contributed by atoms with Crippen molar-refractivity contribution < 1.29 is 4.79 Å². The van der Waals surface area contributed by atoms with E-state index in [1.54, 1.807) is 0 Å². The number of hydrogen-bond donors (Lipinski definition) is 0. The van der Waals surface area contributed by atoms with Crippen LogP contribution in [0.2, 0.25) is 0 Å². The van der Waals surface area contributed by atoms with E-state index < -0.39 is 0 Å². The Morgan fingerprint density at radius 2 is 2.31 bits per heavy atom. The predicted molar refractivity (Wildman–Crippen MR) is 57.3 cm³/mol. The van der Waals surface area contributed by atoms with E-state index in [2.05, 4.69) is 19.9 Å². The predicted octanol–water partition coefficient (Wildman–Crippen LogP) is 3.68. The minimum absolute atomic E-state index is 0.257. The summed E-state index contributed by atoms with van der Waals surface area (Å²) < 4.78 is 0. The standard InChI is InChI=1S/C11H14OS/c1-9(2)5-3-6-10(12)11-7-4-8-13-11/h4-5,7-8H,3,6H2,1-2H3. The van der Waals surface area contributed by atoms with Crippen LogP contribution in [0.1, 0.15) is 36.4 Å². The number of Topliss-reactive ketones (excluding diaryl/α,β-unsaturated/α-hetero) is 1. The van der Waals surface area contributed by atoms with Gasteiger partial charge in [0.05, 0.1) is 4.88 Å². The first-order valence-corrected chi connectivity index (χ1v) is 5.28. The van der Waals surface area contributed by atoms with Gasteiger partial charge in [-0.15, -0.1) is 11.3 Å². The highest BCUT2D eigenvalue weighted by molar-refractivity contribution is 7.12. The van der Waals surface area contributed by atoms with E-state index >= 15 is 0 Å². The molecule has 0 aliphatic rings. The number of carbonyl (C=O) groups is 1. The molecule has 0 unspecified atom stereocenters. The van der Waals surface area contributed by atoms with Crippen LogP contribution in [-0.4, -0.2) is 5.78 Å². The molecule has 0 amide bonds. The Balaban J connectivity index is 2.39. The highest BCUT2D eigenvalue weighted by atomic mass is 32.1. The third kappa shape index (κ3) is 3.55. The Morgan fingerprint density at radius 1 is 1.54 bits per heavy atom. The van der Waals surface area contributed by atoms with Gasteiger partial charge in [0, 0.05) is 6.42 Å². The lowest BCUT2D eigenvalue weighted by molar-refractivity contribution is 0.0987. The lowest BCUT2D eigenvalue weighted by Crippen LogP contribution is -1.94. The van der Waals surface area contributed by atoms with Gasteiger partial charge < -0.3 is 0 Å². The van der Waals surface area contributed by atoms with E-state index in [0.29, 0.717) is 6.42 Å². The first-order valence-electron chi connectivity index (χ1n) is 4.40. The van der Waals surface area contributed by atoms with Gasteiger partial charge in [0.1, 0.15) is 0 Å². The number of thiophene rings is 1. The van der Waals surface area contributed by atoms with Crippen molar-refractivity contribution in [3.05, 3.63) is 34.0 Å². The van der Waals surface area contributed by atoms with Gasteiger partial charge in [0.15, 0.2) is 5.78 Å². The van der Waals surface area contributed by atoms with Crippen LogP contribution in [0.3, 0.4) is 0 Å². The lowest BCUT2D eigenvalue weighted by atomic mass is 10.1. The molecule has 0 saturated carbocycles. The summed E-state index contributed by atoms with van der Waals surface area (Å²) in [7, 11) is 0. The van der Waals surface area contributed by atoms with Gasteiger partial charge in [-0.3, -0.25) is 4.79 Å². The van der Waals surface area contributed by atoms with Crippen molar-refractivity contribution in [2.24, 2.45) is 0 Å². The van der Waals surface area contributed by atoms with E-state index in [1.165, 1.54) is 16.9 Å². The molecule has 2 heteroatoms. The minimum Gasteiger partial charge on any atom is -0.293 e. The van der Waals surface area contributed by atoms with Gasteiger partial charge in [0.2, 0.25) is 0 Å². The largest absolute Gasteiger partial charge is 0.293 e. The number of rotatable bonds is 4. The average molecular weight is 194 g/mol. The summed E-state index contributed by atoms with van der Waals surface area (Å²) in [4.78, 5) is 12.3. The Hall–Kier alpha value is -0.890. The Bertz CT molecular complexity index is 292. The molecule has 0 saturated heterocycles. The van der Waals surface area contributed by atoms with Crippen molar-refractivity contribution in [1.82, 2.24) is 0 Å². The first-order chi connectivity index (χ1) is 6.20. The van der Waals surface area contributed by atoms with Crippen molar-refractivity contribution in [2.75, 3.05) is 0 Å². The van der Waals surface area contributed by atoms with Crippen LogP contribution < -0.4 is 0 Å². The molecular weight excluding hydrogens is 180 g/mol. The second-order valence-corrected chi connectivity index (χ2v) is 4.17. The molecule has 1 aromatic rings. The summed E-state index contributed by atoms with van der Waals surface area (Å²) in [5.41, 5.74) is 1.28. The third-order valence-electron chi connectivity index (χ3n) is 1.72. The van der Waals surface area contributed by atoms with Crippen molar-refractivity contribution in [1.29, 1.82) is 0 Å². The lowest BCUT2D eigenvalue weighted by Gasteiger charge is -1.94. The van der Waals surface area contributed by atoms with Gasteiger partial charge in [-0.2, -0.15) is 0 Å². The second kappa shape index (κ2) is 4.97. The van der Waals surface area contributed by atoms with Crippen molar-refractivity contribution in [3.63, 3.8) is 0 Å². The zero-order valence-electron chi connectivity index (χ0n) is 8.04. The molecule has 0 fully saturated rings. The molecule has 70 valence electrons. The quantitative estimate of drug-likeness (QED) is 0.528. The van der Waals surface area contributed by atoms with E-state index in [0.717, 1.165) is 11.3 Å². The monoisotopic (exact) mass is 194 g/mol. The maximum absolute atomic E-state index is 11.5. The maximum atomic E-state index is 11.5. The third-order valence-corrected chi connectivity index (χ3v) is 2.63. The van der Waals surface area contributed by atoms with Crippen LogP contribution >= 0.6 is 11.3 Å². The number of hydrogen-bond acceptors (Lipinski definition) is 2. The smallest absolute Gasteiger partial charge is 0.173 e. The van der Waals surface area contributed by atoms with E-state index in [9.17, 15) is 4.79 Å². The van der Waals surface area contributed by atoms with Crippen LogP contribution in [0.5, 0.6) is 0 Å². The summed E-state index contributed by atoms with van der Waals surface area (Å²) in [5.74, 6) is 0.257. The molecule has 1 aromatic heterocycles. The van der Waals surface area contributed by atoms with E-state index in [-0.39, 0.29) is 5.78 Å². The molecular formula is C11H14OS. The fraction of sp³-hybridized carbons (Fsp3) is 0.364. The van der Waals surface area contributed by atoms with Crippen molar-refractivity contribution in [2.45, 2.75) is 26.7 Å². The molecule has 1 heterocycles. The molecule has 0 N–H and O–H groups in total. The fourth-order valence-corrected chi connectivity index (χ4v) is 1.75. The van der Waals surface area contributed by atoms with Crippen LogP contribution in [-0.2, 0) is 0 Å². The number of allylic oxidation sites excluding steroid dienone is 2. The SMILES string of the molecule is CC(C)=CCCC(=O)c1cccs1. The highest BCUT2D eigenvalue weighted by Gasteiger charge is 2.04. The number of carbonyl (C=O) groups excluding carboxylic acids is 1. The molecule has 1 rings (SSSR count). The summed E-state index contributed by atoms with van der Waals surface area (Å²) >= 11 is 1.52. The average Bonchev–Trinajstić information content (AvgIpc) is 2.55. The molecule has 0 radical (unpaired) electrons. The van der Waals surface area contributed by atoms with E-state index in [4.69, 9.17) is 0 Å². The second-order valence-electron chi connectivity index (χ2n) is 3.22. The molecule has 0 aromatic carbocycles. The zero-order valence-corrected chi connectivity index (χ0v) is 8.86. The fourth-order valence-electron chi connectivity index (χ4n) is 1.05. The summed E-state index contributed by atoms with van der Waals surface area (Å²) in [5, 5.41) is 1.94. The molecule has 13 heavy (non-hydrogen) atoms. The van der Waals surface area contributed by atoms with Crippen molar-refractivity contribution in [3.8, 4) is 0 Å². The summed E-state index contributed by atoms with van der Waals surface area (Å²) in [6, 6.07) is 3.80. The normalized spacial score (nSPS) is 9.69. The molecule has 0 aliphatic heterocycles. The Kier molecular flexibility index (Phi) is 3.90. The summed E-state index contributed by atoms with van der Waals surface area (Å²) in [6.07, 6.45) is 3.59. The Morgan fingerprint density at radius 3 is 2.85 bits per heavy atom. The highest BCUT2D eigenvalue weighted by Crippen LogP contribution is 2.12. The Labute approximate surface area is 83.1 Å². The van der Waals surface area contributed by atoms with Gasteiger partial charge in [-0.05, 0) is 31.7 Å². The molecule has 0 aliphatic carbocycles. The molecule has 0 bridgehead atoms. The van der Waals surface area contributed by atoms with Gasteiger partial charge in [-0.25, -0.2) is 0 Å². The number of ketones is 1. The first kappa shape index (κ1) is 10.2. The van der Waals surface area contributed by atoms with Crippen molar-refractivity contribution >= 4 is 17.1 Å². The van der Waals surface area contributed by atoms with E-state index in [1.807, 2.05) is 17.5 Å². The topological polar surface area (TPSA) is 17.1 Å². The molecule has 0 spiro atoms. The maximum Gasteiger partial charge on any atom is 0.173 e. The van der Waals surface area contributed by atoms with Gasteiger partial charge in [-0.1, -0.05) is 17.7 Å². The minimum atomic E-state index is 0.257. The molecule has 0 atom stereocenters. The molecule has 1 nitrogen and oxygen atoms in total. The van der Waals surface area contributed by atoms with Crippen LogP contribution in [0.4, 0.5) is 0 Å². The summed E-state index contributed by atoms with van der Waals surface area (Å²) in [6.45, 7) is 4.10. The van der Waals surface area contributed by atoms with Gasteiger partial charge in [0.25, 0.3) is 0 Å². The van der Waals surface area contributed by atoms with Crippen LogP contribution in [0.25, 0.3) is 0 Å². The van der Waals surface area contributed by atoms with Crippen LogP contribution in [0, 0.1) is 0 Å². The van der Waals surface area contributed by atoms with Gasteiger partial charge >= 0.3 is 0 Å². The van der Waals surface area contributed by atoms with Crippen LogP contribution in [0.15, 0.2) is 29.2 Å². The zero-order chi connectivity index (χ0) is 9.68.